The fourth-order valence-electron chi connectivity index (χ4n) is 5.93. The molecule has 9 nitrogen and oxygen atoms in total. The summed E-state index contributed by atoms with van der Waals surface area (Å²) >= 11 is 0. The highest BCUT2D eigenvalue weighted by Crippen LogP contribution is 2.60. The van der Waals surface area contributed by atoms with Crippen molar-refractivity contribution in [2.75, 3.05) is 18.4 Å². The number of anilines is 1. The number of pyridine rings is 2. The summed E-state index contributed by atoms with van der Waals surface area (Å²) in [6, 6.07) is 14.3. The molecule has 2 aliphatic rings. The monoisotopic (exact) mass is 592 g/mol. The van der Waals surface area contributed by atoms with Crippen molar-refractivity contribution in [1.29, 1.82) is 0 Å². The number of rotatable bonds is 12. The highest BCUT2D eigenvalue weighted by atomic mass is 32.2. The third kappa shape index (κ3) is 6.93. The Morgan fingerprint density at radius 1 is 1.05 bits per heavy atom. The summed E-state index contributed by atoms with van der Waals surface area (Å²) in [7, 11) is -2.96. The molecule has 224 valence electrons. The average molecular weight is 593 g/mol. The van der Waals surface area contributed by atoms with Gasteiger partial charge in [-0.05, 0) is 80.5 Å². The van der Waals surface area contributed by atoms with E-state index >= 15 is 0 Å². The number of esters is 1. The van der Waals surface area contributed by atoms with Crippen LogP contribution >= 0.6 is 0 Å². The van der Waals surface area contributed by atoms with Crippen LogP contribution in [0.5, 0.6) is 5.75 Å². The molecular formula is C32H40N4O5S. The van der Waals surface area contributed by atoms with Crippen LogP contribution in [0.15, 0.2) is 53.6 Å². The van der Waals surface area contributed by atoms with Crippen LogP contribution in [0.3, 0.4) is 0 Å². The Labute approximate surface area is 248 Å². The molecule has 10 heteroatoms. The van der Waals surface area contributed by atoms with Crippen LogP contribution in [0, 0.1) is 25.2 Å². The molecular weight excluding hydrogens is 552 g/mol. The van der Waals surface area contributed by atoms with E-state index in [4.69, 9.17) is 9.47 Å². The van der Waals surface area contributed by atoms with Crippen LogP contribution < -0.4 is 14.8 Å². The molecule has 2 saturated carbocycles. The molecule has 42 heavy (non-hydrogen) atoms. The Morgan fingerprint density at radius 2 is 1.74 bits per heavy atom. The van der Waals surface area contributed by atoms with Crippen molar-refractivity contribution in [2.24, 2.45) is 11.3 Å². The first-order chi connectivity index (χ1) is 20.0. The lowest BCUT2D eigenvalue weighted by atomic mass is 9.76. The van der Waals surface area contributed by atoms with Crippen molar-refractivity contribution in [3.63, 3.8) is 0 Å². The Kier molecular flexibility index (Phi) is 8.57. The predicted octanol–water partition coefficient (Wildman–Crippen LogP) is 5.67. The van der Waals surface area contributed by atoms with Gasteiger partial charge in [0.15, 0.2) is 5.03 Å². The fourth-order valence-corrected chi connectivity index (χ4v) is 6.89. The number of methoxy groups -OCH3 is 1. The van der Waals surface area contributed by atoms with Gasteiger partial charge in [0.1, 0.15) is 23.9 Å². The second kappa shape index (κ2) is 12.0. The molecule has 1 spiro atoms. The first-order valence-corrected chi connectivity index (χ1v) is 16.0. The maximum Gasteiger partial charge on any atom is 0.356 e. The van der Waals surface area contributed by atoms with Gasteiger partial charge in [-0.2, -0.15) is 8.42 Å². The van der Waals surface area contributed by atoms with E-state index < -0.39 is 16.0 Å². The van der Waals surface area contributed by atoms with Crippen LogP contribution in [0.4, 0.5) is 5.82 Å². The maximum absolute atomic E-state index is 13.3. The second-order valence-corrected chi connectivity index (χ2v) is 13.8. The van der Waals surface area contributed by atoms with Crippen LogP contribution in [0.25, 0.3) is 11.3 Å². The minimum absolute atomic E-state index is 0.0958. The zero-order chi connectivity index (χ0) is 30.1. The van der Waals surface area contributed by atoms with Crippen LogP contribution in [-0.4, -0.2) is 50.2 Å². The molecule has 3 aromatic rings. The van der Waals surface area contributed by atoms with Crippen molar-refractivity contribution >= 4 is 21.8 Å². The topological polar surface area (TPSA) is 120 Å². The number of hydrogen-bond acceptors (Lipinski definition) is 8. The van der Waals surface area contributed by atoms with Crippen molar-refractivity contribution in [2.45, 2.75) is 76.9 Å². The van der Waals surface area contributed by atoms with Gasteiger partial charge in [0.25, 0.3) is 10.0 Å². The van der Waals surface area contributed by atoms with E-state index in [-0.39, 0.29) is 22.6 Å². The van der Waals surface area contributed by atoms with Crippen molar-refractivity contribution in [3.05, 3.63) is 65.4 Å². The third-order valence-electron chi connectivity index (χ3n) is 8.16. The van der Waals surface area contributed by atoms with E-state index in [2.05, 4.69) is 33.9 Å². The number of ether oxygens (including phenoxy) is 2. The van der Waals surface area contributed by atoms with Crippen molar-refractivity contribution in [1.82, 2.24) is 15.3 Å². The van der Waals surface area contributed by atoms with Crippen LogP contribution in [0.2, 0.25) is 0 Å². The van der Waals surface area contributed by atoms with Crippen LogP contribution in [-0.2, 0) is 14.8 Å². The summed E-state index contributed by atoms with van der Waals surface area (Å²) in [5, 5.41) is 3.49. The Balaban J connectivity index is 1.42. The van der Waals surface area contributed by atoms with Gasteiger partial charge in [0.05, 0.1) is 12.8 Å². The Bertz CT molecular complexity index is 1540. The fraction of sp³-hybridized carbons (Fsp3) is 0.469. The van der Waals surface area contributed by atoms with E-state index in [1.165, 1.54) is 51.0 Å². The molecule has 0 saturated heterocycles. The van der Waals surface area contributed by atoms with Gasteiger partial charge in [0, 0.05) is 29.8 Å². The standard InChI is InChI=1S/C32H40N4O5S/c1-20(2)14-23(33-24-17-32(18-24)12-13-32)19-41-25-15-27(30-21(3)8-6-9-22(30)4)34-28(16-25)36-42(38,39)29-11-7-10-26(35-29)31(37)40-5/h6-11,15-16,20,23-24,33H,12-14,17-19H2,1-5H3,(H,34,36). The van der Waals surface area contributed by atoms with Gasteiger partial charge in [-0.25, -0.2) is 14.8 Å². The van der Waals surface area contributed by atoms with Crippen molar-refractivity contribution < 1.29 is 22.7 Å². The highest BCUT2D eigenvalue weighted by molar-refractivity contribution is 7.92. The lowest BCUT2D eigenvalue weighted by Gasteiger charge is -2.39. The quantitative estimate of drug-likeness (QED) is 0.258. The summed E-state index contributed by atoms with van der Waals surface area (Å²) in [5.41, 5.74) is 4.04. The van der Waals surface area contributed by atoms with Gasteiger partial charge < -0.3 is 14.8 Å². The largest absolute Gasteiger partial charge is 0.492 e. The number of nitrogens with zero attached hydrogens (tertiary/aromatic N) is 2. The second-order valence-electron chi connectivity index (χ2n) is 12.2. The van der Waals surface area contributed by atoms with Crippen LogP contribution in [0.1, 0.15) is 67.6 Å². The van der Waals surface area contributed by atoms with E-state index in [0.717, 1.165) is 23.1 Å². The SMILES string of the molecule is COC(=O)c1cccc(S(=O)(=O)Nc2cc(OCC(CC(C)C)NC3CC4(CC4)C3)cc(-c3c(C)cccc3C)n2)n1. The number of aromatic nitrogens is 2. The molecule has 1 aromatic carbocycles. The number of sulfonamides is 1. The molecule has 2 N–H and O–H groups in total. The summed E-state index contributed by atoms with van der Waals surface area (Å²) in [6.07, 6.45) is 6.17. The third-order valence-corrected chi connectivity index (χ3v) is 9.42. The first kappa shape index (κ1) is 30.0. The lowest BCUT2D eigenvalue weighted by Crippen LogP contribution is -2.49. The predicted molar refractivity (Wildman–Crippen MR) is 162 cm³/mol. The molecule has 0 radical (unpaired) electrons. The zero-order valence-electron chi connectivity index (χ0n) is 24.9. The van der Waals surface area contributed by atoms with Gasteiger partial charge in [-0.15, -0.1) is 0 Å². The minimum atomic E-state index is -4.18. The molecule has 2 heterocycles. The van der Waals surface area contributed by atoms with Crippen molar-refractivity contribution in [3.8, 4) is 17.0 Å². The lowest BCUT2D eigenvalue weighted by molar-refractivity contribution is 0.0593. The number of hydrogen-bond donors (Lipinski definition) is 2. The smallest absolute Gasteiger partial charge is 0.356 e. The maximum atomic E-state index is 13.3. The van der Waals surface area contributed by atoms with E-state index in [1.54, 1.807) is 6.07 Å². The summed E-state index contributed by atoms with van der Waals surface area (Å²) in [5.74, 6) is 0.383. The molecule has 0 amide bonds. The molecule has 0 bridgehead atoms. The van der Waals surface area contributed by atoms with Gasteiger partial charge in [-0.1, -0.05) is 38.1 Å². The Hall–Kier alpha value is -3.50. The summed E-state index contributed by atoms with van der Waals surface area (Å²) in [4.78, 5) is 20.6. The number of aryl methyl sites for hydroxylation is 2. The molecule has 2 aromatic heterocycles. The van der Waals surface area contributed by atoms with E-state index in [1.807, 2.05) is 38.1 Å². The number of carbonyl (C=O) groups is 1. The van der Waals surface area contributed by atoms with Gasteiger partial charge in [-0.3, -0.25) is 4.72 Å². The molecule has 1 unspecified atom stereocenters. The molecule has 2 fully saturated rings. The van der Waals surface area contributed by atoms with E-state index in [9.17, 15) is 13.2 Å². The first-order valence-electron chi connectivity index (χ1n) is 14.5. The molecule has 2 aliphatic carbocycles. The number of nitrogens with one attached hydrogen (secondary N) is 2. The number of carbonyl (C=O) groups excluding carboxylic acids is 1. The Morgan fingerprint density at radius 3 is 2.38 bits per heavy atom. The normalized spacial score (nSPS) is 16.6. The molecule has 5 rings (SSSR count). The zero-order valence-corrected chi connectivity index (χ0v) is 25.8. The van der Waals surface area contributed by atoms with Gasteiger partial charge >= 0.3 is 5.97 Å². The number of benzene rings is 1. The van der Waals surface area contributed by atoms with E-state index in [0.29, 0.717) is 35.4 Å². The summed E-state index contributed by atoms with van der Waals surface area (Å²) in [6.45, 7) is 8.86. The minimum Gasteiger partial charge on any atom is -0.492 e. The average Bonchev–Trinajstić information content (AvgIpc) is 3.71. The molecule has 0 aliphatic heterocycles. The summed E-state index contributed by atoms with van der Waals surface area (Å²) < 4.78 is 40.3. The van der Waals surface area contributed by atoms with Gasteiger partial charge in [0.2, 0.25) is 0 Å². The highest BCUT2D eigenvalue weighted by Gasteiger charge is 2.53. The molecule has 1 atom stereocenters.